The van der Waals surface area contributed by atoms with Gasteiger partial charge in [-0.3, -0.25) is 4.79 Å². The van der Waals surface area contributed by atoms with Gasteiger partial charge in [0.25, 0.3) is 0 Å². The van der Waals surface area contributed by atoms with E-state index in [2.05, 4.69) is 5.32 Å². The second kappa shape index (κ2) is 9.34. The number of hydrogen-bond donors (Lipinski definition) is 1. The van der Waals surface area contributed by atoms with Gasteiger partial charge in [-0.25, -0.2) is 9.78 Å². The van der Waals surface area contributed by atoms with Crippen molar-refractivity contribution in [3.63, 3.8) is 0 Å². The third-order valence-corrected chi connectivity index (χ3v) is 6.91. The normalized spacial score (nSPS) is 11.1. The van der Waals surface area contributed by atoms with Crippen molar-refractivity contribution in [2.24, 2.45) is 0 Å². The molecular weight excluding hydrogens is 454 g/mol. The van der Waals surface area contributed by atoms with Gasteiger partial charge in [-0.2, -0.15) is 0 Å². The monoisotopic (exact) mass is 481 g/mol. The maximum atomic E-state index is 13.0. The van der Waals surface area contributed by atoms with Crippen LogP contribution in [0.4, 0.5) is 5.69 Å². The smallest absolute Gasteiger partial charge is 0.357 e. The van der Waals surface area contributed by atoms with E-state index in [0.29, 0.717) is 28.7 Å². The fourth-order valence-corrected chi connectivity index (χ4v) is 5.06. The van der Waals surface area contributed by atoms with E-state index in [9.17, 15) is 9.59 Å². The Morgan fingerprint density at radius 1 is 1.18 bits per heavy atom. The summed E-state index contributed by atoms with van der Waals surface area (Å²) in [5.74, 6) is 1.12. The number of rotatable bonds is 7. The summed E-state index contributed by atoms with van der Waals surface area (Å²) >= 11 is 1.57. The van der Waals surface area contributed by atoms with Crippen molar-refractivity contribution < 1.29 is 23.5 Å². The molecule has 1 amide bonds. The van der Waals surface area contributed by atoms with E-state index in [4.69, 9.17) is 18.9 Å². The van der Waals surface area contributed by atoms with Crippen molar-refractivity contribution in [2.45, 2.75) is 41.2 Å². The molecule has 0 spiro atoms. The van der Waals surface area contributed by atoms with Crippen molar-refractivity contribution in [1.29, 1.82) is 0 Å². The average Bonchev–Trinajstić information content (AvgIpc) is 3.41. The van der Waals surface area contributed by atoms with Crippen LogP contribution in [0.2, 0.25) is 0 Å². The van der Waals surface area contributed by atoms with E-state index in [0.717, 1.165) is 32.0 Å². The highest BCUT2D eigenvalue weighted by Gasteiger charge is 2.29. The number of methoxy groups -OCH3 is 1. The van der Waals surface area contributed by atoms with Crippen LogP contribution in [0.15, 0.2) is 28.7 Å². The molecule has 4 rings (SSSR count). The van der Waals surface area contributed by atoms with Gasteiger partial charge in [-0.15, -0.1) is 11.3 Å². The summed E-state index contributed by atoms with van der Waals surface area (Å²) in [5, 5.41) is 3.71. The van der Waals surface area contributed by atoms with Gasteiger partial charge in [0.1, 0.15) is 22.0 Å². The Labute approximate surface area is 201 Å². The van der Waals surface area contributed by atoms with E-state index in [-0.39, 0.29) is 19.1 Å². The number of carbonyl (C=O) groups excluding carboxylic acids is 2. The van der Waals surface area contributed by atoms with Gasteiger partial charge < -0.3 is 23.8 Å². The molecule has 0 saturated heterocycles. The predicted octanol–water partition coefficient (Wildman–Crippen LogP) is 5.48. The molecule has 0 aliphatic heterocycles. The standard InChI is InChI=1S/C25H27N3O5S/c1-7-32-25(30)22-21(26-16(5)29)20-13(2)15(4)34-24(20)28(22)12-19-14(3)33-23(27-19)17-8-10-18(31-6)11-9-17/h8-11H,7,12H2,1-6H3,(H,26,29). The molecule has 178 valence electrons. The molecule has 0 atom stereocenters. The zero-order chi connectivity index (χ0) is 24.6. The lowest BCUT2D eigenvalue weighted by Crippen LogP contribution is -2.17. The third-order valence-electron chi connectivity index (χ3n) is 5.68. The largest absolute Gasteiger partial charge is 0.497 e. The minimum atomic E-state index is -0.497. The van der Waals surface area contributed by atoms with Gasteiger partial charge in [-0.05, 0) is 57.5 Å². The number of aryl methyl sites for hydroxylation is 3. The first-order valence-electron chi connectivity index (χ1n) is 10.9. The van der Waals surface area contributed by atoms with Crippen LogP contribution in [0.1, 0.15) is 46.2 Å². The van der Waals surface area contributed by atoms with Crippen LogP contribution in [-0.4, -0.2) is 35.1 Å². The lowest BCUT2D eigenvalue weighted by atomic mass is 10.2. The summed E-state index contributed by atoms with van der Waals surface area (Å²) in [6.07, 6.45) is 0. The molecule has 0 aliphatic rings. The van der Waals surface area contributed by atoms with Crippen molar-refractivity contribution in [3.8, 4) is 17.2 Å². The first-order chi connectivity index (χ1) is 16.2. The van der Waals surface area contributed by atoms with E-state index < -0.39 is 5.97 Å². The highest BCUT2D eigenvalue weighted by molar-refractivity contribution is 7.19. The van der Waals surface area contributed by atoms with Crippen molar-refractivity contribution in [3.05, 3.63) is 51.9 Å². The molecule has 34 heavy (non-hydrogen) atoms. The van der Waals surface area contributed by atoms with Crippen LogP contribution >= 0.6 is 11.3 Å². The maximum Gasteiger partial charge on any atom is 0.357 e. The molecule has 3 aromatic heterocycles. The van der Waals surface area contributed by atoms with E-state index in [1.165, 1.54) is 6.92 Å². The number of nitrogens with one attached hydrogen (secondary N) is 1. The van der Waals surface area contributed by atoms with Crippen molar-refractivity contribution in [2.75, 3.05) is 19.0 Å². The summed E-state index contributed by atoms with van der Waals surface area (Å²) in [5.41, 5.74) is 3.30. The zero-order valence-electron chi connectivity index (χ0n) is 20.1. The second-order valence-corrected chi connectivity index (χ2v) is 9.13. The zero-order valence-corrected chi connectivity index (χ0v) is 20.9. The fraction of sp³-hybridized carbons (Fsp3) is 0.320. The number of esters is 1. The summed E-state index contributed by atoms with van der Waals surface area (Å²) in [4.78, 5) is 31.8. The molecule has 0 radical (unpaired) electrons. The first-order valence-corrected chi connectivity index (χ1v) is 11.7. The molecule has 1 aromatic carbocycles. The van der Waals surface area contributed by atoms with E-state index in [1.54, 1.807) is 25.4 Å². The Morgan fingerprint density at radius 3 is 2.50 bits per heavy atom. The molecule has 3 heterocycles. The number of oxazole rings is 1. The molecule has 8 nitrogen and oxygen atoms in total. The molecule has 9 heteroatoms. The quantitative estimate of drug-likeness (QED) is 0.352. The van der Waals surface area contributed by atoms with Crippen LogP contribution < -0.4 is 10.1 Å². The number of amides is 1. The highest BCUT2D eigenvalue weighted by atomic mass is 32.1. The molecular formula is C25H27N3O5S. The number of nitrogens with zero attached hydrogens (tertiary/aromatic N) is 2. The summed E-state index contributed by atoms with van der Waals surface area (Å²) in [7, 11) is 1.62. The molecule has 0 saturated carbocycles. The Bertz CT molecular complexity index is 1380. The van der Waals surface area contributed by atoms with Crippen LogP contribution in [0, 0.1) is 20.8 Å². The molecule has 0 unspecified atom stereocenters. The first kappa shape index (κ1) is 23.6. The lowest BCUT2D eigenvalue weighted by molar-refractivity contribution is -0.114. The average molecular weight is 482 g/mol. The van der Waals surface area contributed by atoms with Crippen LogP contribution in [0.25, 0.3) is 21.7 Å². The Morgan fingerprint density at radius 2 is 1.88 bits per heavy atom. The molecule has 1 N–H and O–H groups in total. The number of ether oxygens (including phenoxy) is 2. The molecule has 0 bridgehead atoms. The Hall–Kier alpha value is -3.59. The van der Waals surface area contributed by atoms with E-state index in [1.807, 2.05) is 49.6 Å². The Balaban J connectivity index is 1.85. The van der Waals surface area contributed by atoms with Crippen LogP contribution in [-0.2, 0) is 16.1 Å². The Kier molecular flexibility index (Phi) is 6.47. The van der Waals surface area contributed by atoms with Crippen LogP contribution in [0.5, 0.6) is 5.75 Å². The third kappa shape index (κ3) is 4.19. The van der Waals surface area contributed by atoms with Gasteiger partial charge in [0.05, 0.1) is 25.9 Å². The fourth-order valence-electron chi connectivity index (χ4n) is 3.89. The summed E-state index contributed by atoms with van der Waals surface area (Å²) < 4.78 is 18.4. The number of benzene rings is 1. The number of anilines is 1. The molecule has 0 fully saturated rings. The molecule has 0 aliphatic carbocycles. The topological polar surface area (TPSA) is 95.6 Å². The number of aromatic nitrogens is 2. The van der Waals surface area contributed by atoms with E-state index >= 15 is 0 Å². The summed E-state index contributed by atoms with van der Waals surface area (Å²) in [6, 6.07) is 7.46. The van der Waals surface area contributed by atoms with Gasteiger partial charge in [0.2, 0.25) is 11.8 Å². The van der Waals surface area contributed by atoms with Gasteiger partial charge in [0.15, 0.2) is 5.69 Å². The number of hydrogen-bond acceptors (Lipinski definition) is 7. The predicted molar refractivity (Wildman–Crippen MR) is 132 cm³/mol. The SMILES string of the molecule is CCOC(=O)c1c(NC(C)=O)c2c(C)c(C)sc2n1Cc1nc(-c2ccc(OC)cc2)oc1C. The minimum Gasteiger partial charge on any atom is -0.497 e. The summed E-state index contributed by atoms with van der Waals surface area (Å²) in [6.45, 7) is 9.55. The number of fused-ring (bicyclic) bond motifs is 1. The second-order valence-electron chi connectivity index (χ2n) is 7.93. The van der Waals surface area contributed by atoms with Crippen molar-refractivity contribution in [1.82, 2.24) is 9.55 Å². The van der Waals surface area contributed by atoms with Gasteiger partial charge in [0, 0.05) is 22.8 Å². The van der Waals surface area contributed by atoms with Crippen LogP contribution in [0.3, 0.4) is 0 Å². The number of carbonyl (C=O) groups is 2. The van der Waals surface area contributed by atoms with Gasteiger partial charge in [-0.1, -0.05) is 0 Å². The highest BCUT2D eigenvalue weighted by Crippen LogP contribution is 2.41. The van der Waals surface area contributed by atoms with Gasteiger partial charge >= 0.3 is 5.97 Å². The lowest BCUT2D eigenvalue weighted by Gasteiger charge is -2.11. The minimum absolute atomic E-state index is 0.222. The molecule has 4 aromatic rings. The van der Waals surface area contributed by atoms with Crippen molar-refractivity contribution >= 4 is 39.1 Å². The maximum absolute atomic E-state index is 13.0. The number of thiophene rings is 1.